The van der Waals surface area contributed by atoms with Gasteiger partial charge in [0.05, 0.1) is 15.6 Å². The van der Waals surface area contributed by atoms with Gasteiger partial charge in [0.25, 0.3) is 0 Å². The Bertz CT molecular complexity index is 372. The van der Waals surface area contributed by atoms with Gasteiger partial charge in [0.1, 0.15) is 0 Å². The van der Waals surface area contributed by atoms with Crippen LogP contribution in [-0.4, -0.2) is 4.98 Å². The average Bonchev–Trinajstić information content (AvgIpc) is 2.20. The van der Waals surface area contributed by atoms with Gasteiger partial charge >= 0.3 is 0 Å². The Morgan fingerprint density at radius 1 is 1.47 bits per heavy atom. The lowest BCUT2D eigenvalue weighted by atomic mass is 10.0. The molecule has 0 saturated carbocycles. The molecule has 3 nitrogen and oxygen atoms in total. The highest BCUT2D eigenvalue weighted by atomic mass is 32.2. The lowest BCUT2D eigenvalue weighted by Crippen LogP contribution is -2.01. The first kappa shape index (κ1) is 11.9. The highest BCUT2D eigenvalue weighted by molar-refractivity contribution is 8.03. The maximum absolute atomic E-state index is 6.04. The van der Waals surface area contributed by atoms with E-state index < -0.39 is 0 Å². The van der Waals surface area contributed by atoms with E-state index >= 15 is 0 Å². The number of allylic oxidation sites excluding steroid dienone is 1. The predicted octanol–water partition coefficient (Wildman–Crippen LogP) is 2.70. The molecule has 0 aliphatic heterocycles. The maximum Gasteiger partial charge on any atom is 0.0661 e. The number of anilines is 1. The summed E-state index contributed by atoms with van der Waals surface area (Å²) in [5.74, 6) is 0.380. The second-order valence-electron chi connectivity index (χ2n) is 3.59. The van der Waals surface area contributed by atoms with Gasteiger partial charge in [0.15, 0.2) is 0 Å². The van der Waals surface area contributed by atoms with Crippen LogP contribution in [0.2, 0.25) is 0 Å². The molecule has 0 unspecified atom stereocenters. The SMILES string of the molecule is C/C=C(/N)Sc1cncc(C(C)C)c1N. The Hall–Kier alpha value is -1.16. The first-order valence-electron chi connectivity index (χ1n) is 4.89. The third-order valence-corrected chi connectivity index (χ3v) is 3.13. The molecular formula is C11H17N3S. The number of thioether (sulfide) groups is 1. The molecule has 0 radical (unpaired) electrons. The molecule has 0 amide bonds. The Labute approximate surface area is 95.0 Å². The van der Waals surface area contributed by atoms with Gasteiger partial charge in [0, 0.05) is 12.4 Å². The van der Waals surface area contributed by atoms with E-state index in [2.05, 4.69) is 18.8 Å². The van der Waals surface area contributed by atoms with Gasteiger partial charge in [-0.2, -0.15) is 0 Å². The van der Waals surface area contributed by atoms with E-state index in [4.69, 9.17) is 11.5 Å². The van der Waals surface area contributed by atoms with E-state index in [1.54, 1.807) is 6.20 Å². The molecule has 0 aliphatic carbocycles. The summed E-state index contributed by atoms with van der Waals surface area (Å²) in [6.45, 7) is 6.10. The summed E-state index contributed by atoms with van der Waals surface area (Å²) in [6.07, 6.45) is 5.42. The zero-order chi connectivity index (χ0) is 11.4. The normalized spacial score (nSPS) is 12.1. The highest BCUT2D eigenvalue weighted by Crippen LogP contribution is 2.32. The van der Waals surface area contributed by atoms with Crippen LogP contribution in [0.5, 0.6) is 0 Å². The third-order valence-electron chi connectivity index (χ3n) is 2.12. The molecule has 0 atom stereocenters. The van der Waals surface area contributed by atoms with Crippen molar-refractivity contribution in [3.63, 3.8) is 0 Å². The molecule has 15 heavy (non-hydrogen) atoms. The smallest absolute Gasteiger partial charge is 0.0661 e. The monoisotopic (exact) mass is 223 g/mol. The Morgan fingerprint density at radius 3 is 2.67 bits per heavy atom. The van der Waals surface area contributed by atoms with Gasteiger partial charge in [-0.3, -0.25) is 4.98 Å². The van der Waals surface area contributed by atoms with Gasteiger partial charge in [-0.25, -0.2) is 0 Å². The average molecular weight is 223 g/mol. The fourth-order valence-corrected chi connectivity index (χ4v) is 1.91. The van der Waals surface area contributed by atoms with Crippen LogP contribution in [0.3, 0.4) is 0 Å². The van der Waals surface area contributed by atoms with Crippen LogP contribution in [0, 0.1) is 0 Å². The van der Waals surface area contributed by atoms with E-state index in [-0.39, 0.29) is 0 Å². The third kappa shape index (κ3) is 2.89. The largest absolute Gasteiger partial charge is 0.397 e. The first-order valence-corrected chi connectivity index (χ1v) is 5.71. The zero-order valence-corrected chi connectivity index (χ0v) is 10.1. The minimum Gasteiger partial charge on any atom is -0.397 e. The van der Waals surface area contributed by atoms with Crippen molar-refractivity contribution in [2.24, 2.45) is 5.73 Å². The van der Waals surface area contributed by atoms with Crippen LogP contribution >= 0.6 is 11.8 Å². The number of hydrogen-bond donors (Lipinski definition) is 2. The number of rotatable bonds is 3. The summed E-state index contributed by atoms with van der Waals surface area (Å²) >= 11 is 1.45. The van der Waals surface area contributed by atoms with Crippen molar-refractivity contribution in [3.8, 4) is 0 Å². The van der Waals surface area contributed by atoms with Crippen LogP contribution in [-0.2, 0) is 0 Å². The summed E-state index contributed by atoms with van der Waals surface area (Å²) in [5, 5.41) is 0.740. The van der Waals surface area contributed by atoms with Crippen molar-refractivity contribution in [1.82, 2.24) is 4.98 Å². The molecule has 0 saturated heterocycles. The Kier molecular flexibility index (Phi) is 4.03. The molecule has 0 spiro atoms. The van der Waals surface area contributed by atoms with Crippen LogP contribution in [0.15, 0.2) is 28.4 Å². The van der Waals surface area contributed by atoms with E-state index in [1.807, 2.05) is 19.2 Å². The molecule has 1 heterocycles. The topological polar surface area (TPSA) is 64.9 Å². The molecule has 1 rings (SSSR count). The maximum atomic E-state index is 6.04. The van der Waals surface area contributed by atoms with E-state index in [9.17, 15) is 0 Å². The summed E-state index contributed by atoms with van der Waals surface area (Å²) in [6, 6.07) is 0. The number of nitrogens with two attached hydrogens (primary N) is 2. The predicted molar refractivity (Wildman–Crippen MR) is 66.5 cm³/mol. The van der Waals surface area contributed by atoms with E-state index in [1.165, 1.54) is 11.8 Å². The van der Waals surface area contributed by atoms with Gasteiger partial charge < -0.3 is 11.5 Å². The van der Waals surface area contributed by atoms with Gasteiger partial charge in [-0.1, -0.05) is 31.7 Å². The lowest BCUT2D eigenvalue weighted by molar-refractivity contribution is 0.856. The molecule has 82 valence electrons. The van der Waals surface area contributed by atoms with Crippen molar-refractivity contribution in [1.29, 1.82) is 0 Å². The molecule has 1 aromatic heterocycles. The number of pyridine rings is 1. The van der Waals surface area contributed by atoms with Crippen molar-refractivity contribution >= 4 is 17.4 Å². The van der Waals surface area contributed by atoms with Crippen LogP contribution in [0.4, 0.5) is 5.69 Å². The van der Waals surface area contributed by atoms with Gasteiger partial charge in [-0.15, -0.1) is 0 Å². The Balaban J connectivity index is 3.04. The lowest BCUT2D eigenvalue weighted by Gasteiger charge is -2.12. The summed E-state index contributed by atoms with van der Waals surface area (Å²) in [7, 11) is 0. The second-order valence-corrected chi connectivity index (χ2v) is 4.70. The fraction of sp³-hybridized carbons (Fsp3) is 0.364. The van der Waals surface area contributed by atoms with Gasteiger partial charge in [-0.05, 0) is 18.4 Å². The number of nitrogens with zero attached hydrogens (tertiary/aromatic N) is 1. The molecule has 4 heteroatoms. The molecule has 1 aromatic rings. The fourth-order valence-electron chi connectivity index (χ4n) is 1.19. The standard InChI is InChI=1S/C11H17N3S/c1-4-10(12)15-9-6-14-5-8(7(2)3)11(9)13/h4-7H,12H2,1-3H3,(H2,13,14)/b10-4-. The number of aromatic nitrogens is 1. The summed E-state index contributed by atoms with van der Waals surface area (Å²) < 4.78 is 0. The molecule has 0 bridgehead atoms. The first-order chi connectivity index (χ1) is 7.06. The van der Waals surface area contributed by atoms with Crippen LogP contribution < -0.4 is 11.5 Å². The molecule has 0 aromatic carbocycles. The number of hydrogen-bond acceptors (Lipinski definition) is 4. The van der Waals surface area contributed by atoms with Crippen LogP contribution in [0.1, 0.15) is 32.3 Å². The minimum absolute atomic E-state index is 0.380. The number of nitrogen functional groups attached to an aromatic ring is 1. The van der Waals surface area contributed by atoms with E-state index in [0.717, 1.165) is 21.2 Å². The van der Waals surface area contributed by atoms with Crippen LogP contribution in [0.25, 0.3) is 0 Å². The summed E-state index contributed by atoms with van der Waals surface area (Å²) in [4.78, 5) is 5.10. The van der Waals surface area contributed by atoms with Gasteiger partial charge in [0.2, 0.25) is 0 Å². The highest BCUT2D eigenvalue weighted by Gasteiger charge is 2.09. The van der Waals surface area contributed by atoms with Crippen molar-refractivity contribution < 1.29 is 0 Å². The Morgan fingerprint density at radius 2 is 2.13 bits per heavy atom. The minimum atomic E-state index is 0.380. The van der Waals surface area contributed by atoms with Crippen molar-refractivity contribution in [3.05, 3.63) is 29.1 Å². The molecular weight excluding hydrogens is 206 g/mol. The second kappa shape index (κ2) is 5.07. The van der Waals surface area contributed by atoms with E-state index in [0.29, 0.717) is 5.92 Å². The van der Waals surface area contributed by atoms with Crippen molar-refractivity contribution in [2.75, 3.05) is 5.73 Å². The summed E-state index contributed by atoms with van der Waals surface area (Å²) in [5.41, 5.74) is 13.6. The quantitative estimate of drug-likeness (QED) is 0.773. The van der Waals surface area contributed by atoms with Crippen molar-refractivity contribution in [2.45, 2.75) is 31.6 Å². The molecule has 0 aliphatic rings. The molecule has 0 fully saturated rings. The zero-order valence-electron chi connectivity index (χ0n) is 9.32. The molecule has 4 N–H and O–H groups in total.